The molecule has 0 bridgehead atoms. The fraction of sp³-hybridized carbons (Fsp3) is 0.333. The quantitative estimate of drug-likeness (QED) is 0.0371. The minimum absolute atomic E-state index is 0.105. The van der Waals surface area contributed by atoms with E-state index in [1.54, 1.807) is 7.05 Å². The van der Waals surface area contributed by atoms with E-state index in [0.717, 1.165) is 7.05 Å². The summed E-state index contributed by atoms with van der Waals surface area (Å²) in [6.45, 7) is -23.9. The Morgan fingerprint density at radius 3 is 0.760 bits per heavy atom. The van der Waals surface area contributed by atoms with Crippen LogP contribution in [0, 0.1) is 0 Å². The van der Waals surface area contributed by atoms with Crippen LogP contribution in [0.4, 0.5) is 0 Å². The van der Waals surface area contributed by atoms with Crippen LogP contribution < -0.4 is 42.5 Å². The highest BCUT2D eigenvalue weighted by Crippen LogP contribution is 2.23. The fourth-order valence-corrected chi connectivity index (χ4v) is 5.43. The van der Waals surface area contributed by atoms with Crippen molar-refractivity contribution in [2.45, 2.75) is 48.7 Å². The minimum atomic E-state index is -3.48. The second kappa shape index (κ2) is 50.9. The van der Waals surface area contributed by atoms with Crippen molar-refractivity contribution in [2.75, 3.05) is 108 Å². The van der Waals surface area contributed by atoms with Crippen molar-refractivity contribution >= 4 is 0 Å². The number of rotatable bonds is 24. The summed E-state index contributed by atoms with van der Waals surface area (Å²) in [5.74, 6) is -7.18. The number of aromatic hydroxyl groups is 8. The zero-order valence-electron chi connectivity index (χ0n) is 106. The second-order valence-electron chi connectivity index (χ2n) is 16.5. The Morgan fingerprint density at radius 2 is 0.479 bits per heavy atom. The molecule has 24 N–H and O–H groups in total. The number of likely N-dealkylation sites (N-methyl/N-ethyl adjacent to an activating group) is 8. The van der Waals surface area contributed by atoms with Crippen LogP contribution in [-0.4, -0.2) is 190 Å². The average Bonchev–Trinajstić information content (AvgIpc) is 0.740. The number of hydrogen-bond acceptors (Lipinski definition) is 24. The lowest BCUT2D eigenvalue weighted by atomic mass is 10.1. The summed E-state index contributed by atoms with van der Waals surface area (Å²) < 4.78 is 412. The van der Waals surface area contributed by atoms with Crippen molar-refractivity contribution in [1.29, 1.82) is 0 Å². The Kier molecular flexibility index (Phi) is 16.9. The van der Waals surface area contributed by atoms with Crippen LogP contribution >= 0.6 is 0 Å². The van der Waals surface area contributed by atoms with Gasteiger partial charge in [0, 0.05) is 79.6 Å². The molecule has 8 aromatic carbocycles. The van der Waals surface area contributed by atoms with Crippen molar-refractivity contribution in [2.24, 2.45) is 0 Å². The van der Waals surface area contributed by atoms with Crippen molar-refractivity contribution in [3.8, 4) is 46.0 Å². The van der Waals surface area contributed by atoms with Crippen LogP contribution in [0.1, 0.15) is 170 Å². The maximum Gasteiger partial charge on any atom is 0.115 e. The first-order valence-electron chi connectivity index (χ1n) is 53.9. The van der Waals surface area contributed by atoms with Gasteiger partial charge in [0.1, 0.15) is 46.0 Å². The molecule has 24 nitrogen and oxygen atoms in total. The molecule has 0 heterocycles. The Bertz CT molecular complexity index is 5990. The number of benzene rings is 8. The van der Waals surface area contributed by atoms with Gasteiger partial charge < -0.3 is 124 Å². The lowest BCUT2D eigenvalue weighted by Gasteiger charge is -2.09. The molecule has 8 atom stereocenters. The maximum atomic E-state index is 10.1. The molecule has 0 saturated carbocycles. The van der Waals surface area contributed by atoms with E-state index in [9.17, 15) is 81.7 Å². The smallest absolute Gasteiger partial charge is 0.115 e. The van der Waals surface area contributed by atoms with Gasteiger partial charge in [-0.1, -0.05) is 96.7 Å². The maximum absolute atomic E-state index is 10.1. The lowest BCUT2D eigenvalue weighted by molar-refractivity contribution is 0.177. The van der Waals surface area contributed by atoms with Crippen molar-refractivity contribution in [3.63, 3.8) is 0 Å². The molecule has 0 aliphatic carbocycles. The molecule has 96 heavy (non-hydrogen) atoms. The molecule has 0 saturated heterocycles. The van der Waals surface area contributed by atoms with Gasteiger partial charge in [-0.2, -0.15) is 0 Å². The molecule has 24 heteroatoms. The van der Waals surface area contributed by atoms with Gasteiger partial charge in [0.2, 0.25) is 0 Å². The number of nitrogens with one attached hydrogen (secondary N) is 8. The summed E-state index contributed by atoms with van der Waals surface area (Å²) in [7, 11) is 5.45. The third-order valence-corrected chi connectivity index (χ3v) is 9.44. The third kappa shape index (κ3) is 37.6. The SMILES string of the molecule is [2H]c1c([2H])c(O)c([2H])c(C(O)C([2H])([2H])NC([2H])([2H])[2H])c1[2H].[2H]c1c([2H])c(O)c([2H])c(C(O)CNC([2H])([2H])[2H])c1[2H].[2H]c1c([2H])c(O)c([2H])c(C([2H])(O)C([2H])([2H])NC([2H])([2H])[2H])c1[2H].[2H]c1c([2H])c(O)c([2H])c(C([2H])(O)CNC([2H])([2H])[2H])c1[2H].[2H]c1c([2H])c(O)c([2H])c([C@H](O)C([2H])([2H])NC)c1[2H].[2H]c1c([2H])c(O)c([2H])c([C@H](O)CNC)c1[2H].[2H]c1c([2H])c(O)c([2H])c([C@]([2H])(O)C([2H])([2H])NC)c1[2H].[2H]c1c([2H])c(O)c([2H])c([C@]([2H])(O)CNC)c1[2H]. The number of phenols is 8. The normalized spacial score (nSPS) is 23.6. The van der Waals surface area contributed by atoms with E-state index in [-0.39, 0.29) is 24.2 Å². The Hall–Kier alpha value is -8.48. The van der Waals surface area contributed by atoms with E-state index in [2.05, 4.69) is 16.0 Å². The first-order valence-corrected chi connectivity index (χ1v) is 25.9. The summed E-state index contributed by atoms with van der Waals surface area (Å²) in [6, 6.07) is -23.4. The lowest BCUT2D eigenvalue weighted by Crippen LogP contribution is -2.16. The van der Waals surface area contributed by atoms with Gasteiger partial charge >= 0.3 is 0 Å². The molecule has 8 rings (SSSR count). The zero-order valence-corrected chi connectivity index (χ0v) is 50.3. The highest BCUT2D eigenvalue weighted by Gasteiger charge is 2.12. The molecule has 0 amide bonds. The largest absolute Gasteiger partial charge is 0.508 e. The predicted molar refractivity (Wildman–Crippen MR) is 376 cm³/mol. The summed E-state index contributed by atoms with van der Waals surface area (Å²) in [4.78, 5) is 0. The third-order valence-electron chi connectivity index (χ3n) is 9.44. The topological polar surface area (TPSA) is 420 Å². The molecule has 4 unspecified atom stereocenters. The number of aliphatic hydroxyl groups is 8. The van der Waals surface area contributed by atoms with Gasteiger partial charge in [-0.15, -0.1) is 0 Å². The van der Waals surface area contributed by atoms with Crippen LogP contribution in [-0.2, 0) is 0 Å². The highest BCUT2D eigenvalue weighted by atomic mass is 16.3. The van der Waals surface area contributed by atoms with Crippen LogP contribution in [0.15, 0.2) is 193 Å². The van der Waals surface area contributed by atoms with Crippen molar-refractivity contribution < 1.29 is 158 Å². The van der Waals surface area contributed by atoms with Gasteiger partial charge in [0.15, 0.2) is 0 Å². The Balaban J connectivity index is 0.000000870. The monoisotopic (exact) mass is 1390 g/mol. The molecule has 0 radical (unpaired) electrons. The Labute approximate surface area is 642 Å². The standard InChI is InChI=1S/8C9H13NO2/c8*1-10-6-9(12)7-3-2-4-8(11)5-7/h8*2-5,9-12H,6H2,1H3/t4*9-;;;;/m1111..../s1/i2D,3D,4D,5D,6D2,9D;2D,3D,4D,5D,9D;2D,3D,4D,5D,6D2;2D,3D,4D,5D;1D3,2D,3D,4D,5D,6D2,9D;1D3,2D,3D,4D,5D,9D;1D3,2D,3D,4D,5D,6D2;1D3,2D,3D,4D,5D. The number of hydrogen-bond donors (Lipinski definition) is 24. The van der Waals surface area contributed by atoms with E-state index in [1.807, 2.05) is 16.0 Å². The van der Waals surface area contributed by atoms with Crippen LogP contribution in [0.5, 0.6) is 46.0 Å². The molecule has 0 spiro atoms. The number of phenolic OH excluding ortho intramolecular Hbond substituents is 8. The summed E-state index contributed by atoms with van der Waals surface area (Å²) in [6.07, 6.45) is -18.5. The molecule has 528 valence electrons. The van der Waals surface area contributed by atoms with Gasteiger partial charge in [0.25, 0.3) is 0 Å². The first kappa shape index (κ1) is 31.8. The molecule has 0 aromatic heterocycles. The molecular formula is C72H104N8O16. The summed E-state index contributed by atoms with van der Waals surface area (Å²) in [5, 5.41) is 171. The summed E-state index contributed by atoms with van der Waals surface area (Å²) >= 11 is 0. The van der Waals surface area contributed by atoms with E-state index >= 15 is 0 Å². The van der Waals surface area contributed by atoms with E-state index < -0.39 is 388 Å². The molecular weight excluding hydrogens is 1230 g/mol. The van der Waals surface area contributed by atoms with Crippen LogP contribution in [0.3, 0.4) is 0 Å². The van der Waals surface area contributed by atoms with Crippen molar-refractivity contribution in [3.05, 3.63) is 238 Å². The van der Waals surface area contributed by atoms with Gasteiger partial charge in [-0.05, 0) is 197 Å². The summed E-state index contributed by atoms with van der Waals surface area (Å²) in [5.41, 5.74) is -5.00. The van der Waals surface area contributed by atoms with E-state index in [4.69, 9.17) is 76.8 Å². The van der Waals surface area contributed by atoms with Gasteiger partial charge in [0.05, 0.1) is 98.1 Å². The molecule has 0 aliphatic rings. The Morgan fingerprint density at radius 1 is 0.271 bits per heavy atom. The van der Waals surface area contributed by atoms with E-state index in [0.29, 0.717) is 0 Å². The fourth-order valence-electron chi connectivity index (χ4n) is 5.43. The zero-order chi connectivity index (χ0) is 121. The number of aliphatic hydroxyl groups excluding tert-OH is 4. The predicted octanol–water partition coefficient (Wildman–Crippen LogP) is 5.16. The molecule has 0 aliphatic heterocycles. The molecule has 8 aromatic rings. The first-order chi connectivity index (χ1) is 68.1. The van der Waals surface area contributed by atoms with Crippen LogP contribution in [0.25, 0.3) is 0 Å². The molecule has 0 fully saturated rings. The van der Waals surface area contributed by atoms with Crippen molar-refractivity contribution in [1.82, 2.24) is 42.5 Å². The van der Waals surface area contributed by atoms with E-state index in [1.165, 1.54) is 24.7 Å². The van der Waals surface area contributed by atoms with Crippen LogP contribution in [0.2, 0.25) is 0 Å². The minimum Gasteiger partial charge on any atom is -0.508 e. The second-order valence-corrected chi connectivity index (χ2v) is 16.5. The average molecular weight is 1390 g/mol. The highest BCUT2D eigenvalue weighted by molar-refractivity contribution is 5.34. The van der Waals surface area contributed by atoms with Gasteiger partial charge in [-0.25, -0.2) is 0 Å². The van der Waals surface area contributed by atoms with Gasteiger partial charge in [-0.3, -0.25) is 0 Å².